The van der Waals surface area contributed by atoms with Crippen LogP contribution < -0.4 is 0 Å². The molecule has 0 aliphatic heterocycles. The highest BCUT2D eigenvalue weighted by molar-refractivity contribution is 5.50. The van der Waals surface area contributed by atoms with Crippen molar-refractivity contribution in [3.8, 4) is 0 Å². The third kappa shape index (κ3) is 17.4. The van der Waals surface area contributed by atoms with Crippen LogP contribution in [0.3, 0.4) is 0 Å². The molecule has 1 radical (unpaired) electrons. The normalized spacial score (nSPS) is 13.1. The van der Waals surface area contributed by atoms with Crippen LogP contribution in [-0.2, 0) is 4.79 Å². The lowest BCUT2D eigenvalue weighted by Crippen LogP contribution is -1.93. The van der Waals surface area contributed by atoms with Crippen molar-refractivity contribution in [3.63, 3.8) is 0 Å². The fourth-order valence-corrected chi connectivity index (χ4v) is 2.61. The van der Waals surface area contributed by atoms with Crippen molar-refractivity contribution < 1.29 is 4.79 Å². The summed E-state index contributed by atoms with van der Waals surface area (Å²) in [7, 11) is 0. The van der Waals surface area contributed by atoms with Gasteiger partial charge in [-0.3, -0.25) is 4.79 Å². The minimum Gasteiger partial charge on any atom is -0.291 e. The first-order valence-electron chi connectivity index (χ1n) is 9.16. The predicted molar refractivity (Wildman–Crippen MR) is 94.2 cm³/mol. The van der Waals surface area contributed by atoms with E-state index in [1.165, 1.54) is 64.2 Å². The van der Waals surface area contributed by atoms with Gasteiger partial charge in [0, 0.05) is 6.42 Å². The second-order valence-electron chi connectivity index (χ2n) is 6.94. The summed E-state index contributed by atoms with van der Waals surface area (Å²) < 4.78 is 0. The van der Waals surface area contributed by atoms with Crippen LogP contribution in [0.25, 0.3) is 0 Å². The number of hydrogen-bond donors (Lipinski definition) is 0. The molecule has 0 aromatic heterocycles. The average Bonchev–Trinajstić information content (AvgIpc) is 2.45. The summed E-state index contributed by atoms with van der Waals surface area (Å²) in [5, 5.41) is 0. The van der Waals surface area contributed by atoms with E-state index in [9.17, 15) is 4.79 Å². The Morgan fingerprint density at radius 2 is 1.48 bits per heavy atom. The molecule has 0 N–H and O–H groups in total. The van der Waals surface area contributed by atoms with Gasteiger partial charge >= 0.3 is 0 Å². The molecule has 0 aliphatic rings. The minimum atomic E-state index is 0.626. The second-order valence-corrected chi connectivity index (χ2v) is 6.94. The van der Waals surface area contributed by atoms with Crippen molar-refractivity contribution in [3.05, 3.63) is 12.2 Å². The highest BCUT2D eigenvalue weighted by Crippen LogP contribution is 2.16. The quantitative estimate of drug-likeness (QED) is 0.245. The molecule has 1 unspecified atom stereocenters. The van der Waals surface area contributed by atoms with Crippen LogP contribution in [0.15, 0.2) is 12.2 Å². The molecule has 21 heavy (non-hydrogen) atoms. The Kier molecular flexibility index (Phi) is 15.3. The average molecular weight is 294 g/mol. The van der Waals surface area contributed by atoms with E-state index >= 15 is 0 Å². The largest absolute Gasteiger partial charge is 0.291 e. The zero-order chi connectivity index (χ0) is 15.8. The lowest BCUT2D eigenvalue weighted by molar-refractivity contribution is 0.485. The van der Waals surface area contributed by atoms with Gasteiger partial charge in [0.2, 0.25) is 0 Å². The van der Waals surface area contributed by atoms with E-state index < -0.39 is 0 Å². The van der Waals surface area contributed by atoms with E-state index in [-0.39, 0.29) is 0 Å². The first-order valence-corrected chi connectivity index (χ1v) is 9.16. The fourth-order valence-electron chi connectivity index (χ4n) is 2.61. The SMILES string of the molecule is CC(C)CCC/C=C/CC(C)CCCCCCCC[C]=O. The highest BCUT2D eigenvalue weighted by Gasteiger charge is 1.99. The van der Waals surface area contributed by atoms with Gasteiger partial charge in [-0.15, -0.1) is 0 Å². The molecule has 0 amide bonds. The molecule has 0 saturated heterocycles. The van der Waals surface area contributed by atoms with Crippen LogP contribution in [-0.4, -0.2) is 6.29 Å². The van der Waals surface area contributed by atoms with E-state index in [0.717, 1.165) is 18.3 Å². The van der Waals surface area contributed by atoms with Crippen molar-refractivity contribution in [1.29, 1.82) is 0 Å². The molecular weight excluding hydrogens is 256 g/mol. The van der Waals surface area contributed by atoms with Gasteiger partial charge in [-0.2, -0.15) is 0 Å². The van der Waals surface area contributed by atoms with Crippen LogP contribution in [0, 0.1) is 11.8 Å². The van der Waals surface area contributed by atoms with Gasteiger partial charge in [-0.25, -0.2) is 0 Å². The number of carbonyl (C=O) groups excluding carboxylic acids is 1. The van der Waals surface area contributed by atoms with Gasteiger partial charge in [-0.1, -0.05) is 77.9 Å². The van der Waals surface area contributed by atoms with E-state index in [4.69, 9.17) is 0 Å². The third-order valence-electron chi connectivity index (χ3n) is 4.08. The van der Waals surface area contributed by atoms with E-state index in [2.05, 4.69) is 32.9 Å². The summed E-state index contributed by atoms with van der Waals surface area (Å²) in [5.41, 5.74) is 0. The summed E-state index contributed by atoms with van der Waals surface area (Å²) >= 11 is 0. The molecule has 0 rings (SSSR count). The molecule has 1 atom stereocenters. The Morgan fingerprint density at radius 3 is 2.14 bits per heavy atom. The maximum absolute atomic E-state index is 10.1. The molecule has 1 nitrogen and oxygen atoms in total. The maximum Gasteiger partial charge on any atom is 0.198 e. The second kappa shape index (κ2) is 15.8. The van der Waals surface area contributed by atoms with E-state index in [1.807, 2.05) is 6.29 Å². The van der Waals surface area contributed by atoms with Crippen LogP contribution in [0.1, 0.15) is 97.8 Å². The van der Waals surface area contributed by atoms with Gasteiger partial charge in [0.15, 0.2) is 6.29 Å². The number of unbranched alkanes of at least 4 members (excludes halogenated alkanes) is 7. The van der Waals surface area contributed by atoms with Gasteiger partial charge < -0.3 is 0 Å². The van der Waals surface area contributed by atoms with Crippen molar-refractivity contribution in [2.24, 2.45) is 11.8 Å². The van der Waals surface area contributed by atoms with Crippen molar-refractivity contribution in [2.75, 3.05) is 0 Å². The zero-order valence-corrected chi connectivity index (χ0v) is 14.7. The summed E-state index contributed by atoms with van der Waals surface area (Å²) in [4.78, 5) is 10.1. The standard InChI is InChI=1S/C20H37O/c1-19(2)15-11-8-9-13-17-20(3)16-12-7-5-4-6-10-14-18-21/h9,13,19-20H,4-8,10-12,14-17H2,1-3H3/b13-9+. The molecule has 0 heterocycles. The molecule has 0 saturated carbocycles. The first-order chi connectivity index (χ1) is 10.2. The van der Waals surface area contributed by atoms with Crippen LogP contribution in [0.5, 0.6) is 0 Å². The molecule has 0 bridgehead atoms. The van der Waals surface area contributed by atoms with Crippen LogP contribution in [0.4, 0.5) is 0 Å². The summed E-state index contributed by atoms with van der Waals surface area (Å²) in [6.45, 7) is 6.97. The topological polar surface area (TPSA) is 17.1 Å². The number of hydrogen-bond acceptors (Lipinski definition) is 1. The Morgan fingerprint density at radius 1 is 0.810 bits per heavy atom. The first kappa shape index (κ1) is 20.4. The Bertz CT molecular complexity index is 242. The monoisotopic (exact) mass is 293 g/mol. The summed E-state index contributed by atoms with van der Waals surface area (Å²) in [6.07, 6.45) is 21.5. The lowest BCUT2D eigenvalue weighted by Gasteiger charge is -2.08. The van der Waals surface area contributed by atoms with Crippen molar-refractivity contribution in [2.45, 2.75) is 97.8 Å². The van der Waals surface area contributed by atoms with Crippen molar-refractivity contribution >= 4 is 6.29 Å². The van der Waals surface area contributed by atoms with Gasteiger partial charge in [0.1, 0.15) is 0 Å². The predicted octanol–water partition coefficient (Wildman–Crippen LogP) is 6.63. The maximum atomic E-state index is 10.1. The molecule has 0 spiro atoms. The Hall–Kier alpha value is -0.590. The highest BCUT2D eigenvalue weighted by atomic mass is 16.1. The van der Waals surface area contributed by atoms with Crippen molar-refractivity contribution in [1.82, 2.24) is 0 Å². The molecular formula is C20H37O. The summed E-state index contributed by atoms with van der Waals surface area (Å²) in [5.74, 6) is 1.67. The van der Waals surface area contributed by atoms with Gasteiger partial charge in [0.25, 0.3) is 0 Å². The number of allylic oxidation sites excluding steroid dienone is 2. The lowest BCUT2D eigenvalue weighted by atomic mass is 9.98. The smallest absolute Gasteiger partial charge is 0.198 e. The molecule has 123 valence electrons. The minimum absolute atomic E-state index is 0.626. The molecule has 0 aromatic rings. The van der Waals surface area contributed by atoms with Crippen LogP contribution >= 0.6 is 0 Å². The zero-order valence-electron chi connectivity index (χ0n) is 14.7. The third-order valence-corrected chi connectivity index (χ3v) is 4.08. The number of rotatable bonds is 15. The molecule has 0 fully saturated rings. The molecule has 0 aromatic carbocycles. The molecule has 1 heteroatoms. The van der Waals surface area contributed by atoms with E-state index in [1.54, 1.807) is 0 Å². The van der Waals surface area contributed by atoms with Gasteiger partial charge in [0.05, 0.1) is 0 Å². The van der Waals surface area contributed by atoms with Gasteiger partial charge in [-0.05, 0) is 37.5 Å². The van der Waals surface area contributed by atoms with E-state index in [0.29, 0.717) is 6.42 Å². The van der Waals surface area contributed by atoms with Crippen LogP contribution in [0.2, 0.25) is 0 Å². The Labute approximate surface area is 133 Å². The fraction of sp³-hybridized carbons (Fsp3) is 0.850. The summed E-state index contributed by atoms with van der Waals surface area (Å²) in [6, 6.07) is 0. The Balaban J connectivity index is 3.28. The molecule has 0 aliphatic carbocycles.